The highest BCUT2D eigenvalue weighted by Gasteiger charge is 2.51. The van der Waals surface area contributed by atoms with Gasteiger partial charge in [-0.05, 0) is 36.1 Å². The molecule has 0 N–H and O–H groups in total. The largest absolute Gasteiger partial charge is 0.480 e. The van der Waals surface area contributed by atoms with Crippen molar-refractivity contribution >= 4 is 22.9 Å². The molecular formula is C21H15F3O3S. The van der Waals surface area contributed by atoms with E-state index in [-0.39, 0.29) is 11.3 Å². The summed E-state index contributed by atoms with van der Waals surface area (Å²) >= 11 is 1.22. The number of carbonyl (C=O) groups is 1. The summed E-state index contributed by atoms with van der Waals surface area (Å²) in [6, 6.07) is 15.3. The molecule has 3 heterocycles. The molecule has 1 aliphatic rings. The lowest BCUT2D eigenvalue weighted by Crippen LogP contribution is -2.27. The molecular weight excluding hydrogens is 389 g/mol. The lowest BCUT2D eigenvalue weighted by atomic mass is 9.84. The van der Waals surface area contributed by atoms with Gasteiger partial charge in [-0.1, -0.05) is 36.4 Å². The van der Waals surface area contributed by atoms with Gasteiger partial charge in [0.2, 0.25) is 0 Å². The standard InChI is InChI=1S/C21H15F3O3S/c1-12-9-10-14(26-12)18-16(13-6-3-2-4-7-13)17(20(25)21(22,23)24)19(27-18)15-8-5-11-28-15/h2-11,16,18H,1H3. The molecule has 1 aromatic carbocycles. The van der Waals surface area contributed by atoms with Gasteiger partial charge < -0.3 is 9.15 Å². The number of hydrogen-bond donors (Lipinski definition) is 0. The smallest absolute Gasteiger partial charge is 0.454 e. The number of ether oxygens (including phenoxy) is 1. The zero-order valence-corrected chi connectivity index (χ0v) is 15.5. The van der Waals surface area contributed by atoms with E-state index >= 15 is 0 Å². The number of benzene rings is 1. The van der Waals surface area contributed by atoms with E-state index in [1.807, 2.05) is 0 Å². The van der Waals surface area contributed by atoms with E-state index < -0.39 is 24.0 Å². The van der Waals surface area contributed by atoms with Crippen molar-refractivity contribution in [1.29, 1.82) is 0 Å². The first kappa shape index (κ1) is 18.6. The van der Waals surface area contributed by atoms with E-state index in [1.165, 1.54) is 11.3 Å². The van der Waals surface area contributed by atoms with Gasteiger partial charge in [0.15, 0.2) is 6.10 Å². The van der Waals surface area contributed by atoms with Crippen LogP contribution in [0.3, 0.4) is 0 Å². The van der Waals surface area contributed by atoms with Crippen LogP contribution in [0, 0.1) is 6.92 Å². The van der Waals surface area contributed by atoms with Crippen LogP contribution in [0.4, 0.5) is 13.2 Å². The van der Waals surface area contributed by atoms with Gasteiger partial charge in [-0.2, -0.15) is 13.2 Å². The Morgan fingerprint density at radius 1 is 1.04 bits per heavy atom. The first-order valence-electron chi connectivity index (χ1n) is 8.54. The van der Waals surface area contributed by atoms with Crippen molar-refractivity contribution in [2.45, 2.75) is 25.1 Å². The van der Waals surface area contributed by atoms with Crippen molar-refractivity contribution < 1.29 is 27.1 Å². The number of thiophene rings is 1. The summed E-state index contributed by atoms with van der Waals surface area (Å²) in [6.45, 7) is 1.74. The van der Waals surface area contributed by atoms with Crippen LogP contribution in [0.25, 0.3) is 5.76 Å². The molecule has 2 atom stereocenters. The van der Waals surface area contributed by atoms with Crippen LogP contribution in [0.5, 0.6) is 0 Å². The number of alkyl halides is 3. The third kappa shape index (κ3) is 3.26. The Hall–Kier alpha value is -2.80. The fourth-order valence-electron chi connectivity index (χ4n) is 3.38. The van der Waals surface area contributed by atoms with Crippen LogP contribution in [-0.4, -0.2) is 12.0 Å². The normalized spacial score (nSPS) is 19.7. The van der Waals surface area contributed by atoms with E-state index in [1.54, 1.807) is 66.9 Å². The summed E-state index contributed by atoms with van der Waals surface area (Å²) in [5, 5.41) is 1.73. The van der Waals surface area contributed by atoms with Crippen molar-refractivity contribution in [2.24, 2.45) is 0 Å². The molecule has 3 nitrogen and oxygen atoms in total. The zero-order valence-electron chi connectivity index (χ0n) is 14.7. The average Bonchev–Trinajstić information content (AvgIpc) is 3.39. The molecule has 0 saturated carbocycles. The SMILES string of the molecule is Cc1ccc(C2OC(c3cccs3)=C(C(=O)C(F)(F)F)C2c2ccccc2)o1. The predicted octanol–water partition coefficient (Wildman–Crippen LogP) is 6.05. The van der Waals surface area contributed by atoms with E-state index in [0.717, 1.165) is 0 Å². The van der Waals surface area contributed by atoms with Gasteiger partial charge in [0.05, 0.1) is 16.4 Å². The number of halogens is 3. The third-order valence-corrected chi connectivity index (χ3v) is 5.42. The molecule has 2 unspecified atom stereocenters. The second-order valence-electron chi connectivity index (χ2n) is 6.42. The van der Waals surface area contributed by atoms with Gasteiger partial charge in [-0.25, -0.2) is 0 Å². The first-order valence-corrected chi connectivity index (χ1v) is 9.41. The Morgan fingerprint density at radius 3 is 2.36 bits per heavy atom. The minimum atomic E-state index is -5.01. The van der Waals surface area contributed by atoms with Crippen LogP contribution < -0.4 is 0 Å². The molecule has 0 spiro atoms. The summed E-state index contributed by atoms with van der Waals surface area (Å²) in [4.78, 5) is 12.9. The highest BCUT2D eigenvalue weighted by atomic mass is 32.1. The number of carbonyl (C=O) groups excluding carboxylic acids is 1. The minimum absolute atomic E-state index is 0.0368. The van der Waals surface area contributed by atoms with Gasteiger partial charge in [0.1, 0.15) is 17.3 Å². The number of aryl methyl sites for hydroxylation is 1. The van der Waals surface area contributed by atoms with Crippen molar-refractivity contribution in [3.63, 3.8) is 0 Å². The number of furan rings is 1. The lowest BCUT2D eigenvalue weighted by molar-refractivity contribution is -0.166. The monoisotopic (exact) mass is 404 g/mol. The third-order valence-electron chi connectivity index (χ3n) is 4.55. The number of ketones is 1. The Morgan fingerprint density at radius 2 is 1.79 bits per heavy atom. The lowest BCUT2D eigenvalue weighted by Gasteiger charge is -2.20. The fourth-order valence-corrected chi connectivity index (χ4v) is 4.10. The molecule has 0 radical (unpaired) electrons. The molecule has 0 amide bonds. The van der Waals surface area contributed by atoms with Crippen molar-refractivity contribution in [2.75, 3.05) is 0 Å². The molecule has 0 fully saturated rings. The van der Waals surface area contributed by atoms with Crippen LogP contribution in [0.2, 0.25) is 0 Å². The molecule has 3 aromatic rings. The van der Waals surface area contributed by atoms with Crippen LogP contribution >= 0.6 is 11.3 Å². The molecule has 4 rings (SSSR count). The number of rotatable bonds is 4. The predicted molar refractivity (Wildman–Crippen MR) is 98.8 cm³/mol. The molecule has 2 aromatic heterocycles. The Kier molecular flexibility index (Phi) is 4.63. The second kappa shape index (κ2) is 6.98. The Balaban J connectivity index is 1.93. The van der Waals surface area contributed by atoms with Gasteiger partial charge in [0.25, 0.3) is 5.78 Å². The highest BCUT2D eigenvalue weighted by Crippen LogP contribution is 2.52. The summed E-state index contributed by atoms with van der Waals surface area (Å²) in [5.74, 6) is -1.87. The number of hydrogen-bond acceptors (Lipinski definition) is 4. The average molecular weight is 404 g/mol. The molecule has 0 bridgehead atoms. The van der Waals surface area contributed by atoms with Crippen LogP contribution in [0.1, 0.15) is 34.0 Å². The maximum atomic E-state index is 13.5. The summed E-state index contributed by atoms with van der Waals surface area (Å²) in [7, 11) is 0. The molecule has 28 heavy (non-hydrogen) atoms. The summed E-state index contributed by atoms with van der Waals surface area (Å²) in [6.07, 6.45) is -5.88. The van der Waals surface area contributed by atoms with Gasteiger partial charge in [0, 0.05) is 0 Å². The molecule has 144 valence electrons. The van der Waals surface area contributed by atoms with E-state index in [2.05, 4.69) is 0 Å². The minimum Gasteiger partial charge on any atom is -0.480 e. The quantitative estimate of drug-likeness (QED) is 0.532. The first-order chi connectivity index (χ1) is 13.4. The summed E-state index contributed by atoms with van der Waals surface area (Å²) < 4.78 is 52.1. The van der Waals surface area contributed by atoms with Crippen molar-refractivity contribution in [3.05, 3.63) is 87.5 Å². The topological polar surface area (TPSA) is 39.4 Å². The fraction of sp³-hybridized carbons (Fsp3) is 0.190. The van der Waals surface area contributed by atoms with Gasteiger partial charge in [-0.15, -0.1) is 11.3 Å². The Bertz CT molecular complexity index is 1020. The van der Waals surface area contributed by atoms with Crippen molar-refractivity contribution in [3.8, 4) is 0 Å². The highest BCUT2D eigenvalue weighted by molar-refractivity contribution is 7.11. The summed E-state index contributed by atoms with van der Waals surface area (Å²) in [5.41, 5.74) is 0.168. The maximum absolute atomic E-state index is 13.5. The molecule has 1 aliphatic heterocycles. The van der Waals surface area contributed by atoms with Crippen molar-refractivity contribution in [1.82, 2.24) is 0 Å². The maximum Gasteiger partial charge on any atom is 0.454 e. The Labute approximate surface area is 163 Å². The second-order valence-corrected chi connectivity index (χ2v) is 7.37. The zero-order chi connectivity index (χ0) is 19.9. The molecule has 0 saturated heterocycles. The van der Waals surface area contributed by atoms with E-state index in [4.69, 9.17) is 9.15 Å². The van der Waals surface area contributed by atoms with Gasteiger partial charge in [-0.3, -0.25) is 4.79 Å². The number of Topliss-reactive ketones (excluding diaryl/α,β-unsaturated/α-hetero) is 1. The van der Waals surface area contributed by atoms with Crippen LogP contribution in [0.15, 0.2) is 70.0 Å². The molecule has 7 heteroatoms. The van der Waals surface area contributed by atoms with Crippen LogP contribution in [-0.2, 0) is 9.53 Å². The van der Waals surface area contributed by atoms with Gasteiger partial charge >= 0.3 is 6.18 Å². The molecule has 0 aliphatic carbocycles. The van der Waals surface area contributed by atoms with E-state index in [0.29, 0.717) is 22.0 Å². The van der Waals surface area contributed by atoms with E-state index in [9.17, 15) is 18.0 Å².